The zero-order valence-corrected chi connectivity index (χ0v) is 14.4. The SMILES string of the molecule is CCCc1ncc(C(=O)N2CCC[C@H](c3cc(C(N)=O)n[nH]3)C2)s1. The Balaban J connectivity index is 1.69. The van der Waals surface area contributed by atoms with Crippen molar-refractivity contribution in [2.24, 2.45) is 5.73 Å². The molecule has 1 atom stereocenters. The standard InChI is InChI=1S/C16H21N5O2S/c1-2-4-14-18-8-13(24-14)16(23)21-6-3-5-10(9-21)11-7-12(15(17)22)20-19-11/h7-8,10H,2-6,9H2,1H3,(H2,17,22)(H,19,20)/t10-/m0/s1. The number of aromatic nitrogens is 3. The van der Waals surface area contributed by atoms with E-state index in [4.69, 9.17) is 5.73 Å². The number of carbonyl (C=O) groups is 2. The van der Waals surface area contributed by atoms with E-state index in [2.05, 4.69) is 22.1 Å². The van der Waals surface area contributed by atoms with Crippen LogP contribution in [0.3, 0.4) is 0 Å². The minimum absolute atomic E-state index is 0.0363. The average molecular weight is 347 g/mol. The third kappa shape index (κ3) is 3.48. The monoisotopic (exact) mass is 347 g/mol. The predicted molar refractivity (Wildman–Crippen MR) is 91.1 cm³/mol. The molecule has 1 fully saturated rings. The lowest BCUT2D eigenvalue weighted by molar-refractivity contribution is 0.0710. The second-order valence-corrected chi connectivity index (χ2v) is 7.15. The lowest BCUT2D eigenvalue weighted by atomic mass is 9.94. The van der Waals surface area contributed by atoms with Gasteiger partial charge in [0.15, 0.2) is 0 Å². The number of primary amides is 1. The maximum Gasteiger partial charge on any atom is 0.269 e. The van der Waals surface area contributed by atoms with E-state index in [9.17, 15) is 9.59 Å². The molecule has 128 valence electrons. The third-order valence-corrected chi connectivity index (χ3v) is 5.27. The van der Waals surface area contributed by atoms with Crippen LogP contribution in [-0.4, -0.2) is 45.0 Å². The van der Waals surface area contributed by atoms with Gasteiger partial charge < -0.3 is 10.6 Å². The predicted octanol–water partition coefficient (Wildman–Crippen LogP) is 1.94. The van der Waals surface area contributed by atoms with Gasteiger partial charge in [-0.2, -0.15) is 5.10 Å². The Morgan fingerprint density at radius 3 is 3.04 bits per heavy atom. The third-order valence-electron chi connectivity index (χ3n) is 4.23. The number of H-pyrrole nitrogens is 1. The largest absolute Gasteiger partial charge is 0.364 e. The molecule has 7 nitrogen and oxygen atoms in total. The highest BCUT2D eigenvalue weighted by atomic mass is 32.1. The topological polar surface area (TPSA) is 105 Å². The number of piperidine rings is 1. The van der Waals surface area contributed by atoms with Crippen LogP contribution in [0, 0.1) is 0 Å². The first-order valence-electron chi connectivity index (χ1n) is 8.17. The zero-order chi connectivity index (χ0) is 17.1. The molecule has 3 N–H and O–H groups in total. The summed E-state index contributed by atoms with van der Waals surface area (Å²) in [7, 11) is 0. The molecule has 1 aliphatic rings. The maximum absolute atomic E-state index is 12.7. The molecule has 0 aliphatic carbocycles. The van der Waals surface area contributed by atoms with E-state index in [-0.39, 0.29) is 17.5 Å². The average Bonchev–Trinajstić information content (AvgIpc) is 3.24. The van der Waals surface area contributed by atoms with E-state index in [1.807, 2.05) is 4.90 Å². The number of thiazole rings is 1. The van der Waals surface area contributed by atoms with Crippen molar-refractivity contribution in [3.63, 3.8) is 0 Å². The molecule has 1 aliphatic heterocycles. The fraction of sp³-hybridized carbons (Fsp3) is 0.500. The van der Waals surface area contributed by atoms with Crippen molar-refractivity contribution < 1.29 is 9.59 Å². The molecular formula is C16H21N5O2S. The van der Waals surface area contributed by atoms with E-state index in [1.165, 1.54) is 11.3 Å². The maximum atomic E-state index is 12.7. The molecule has 3 rings (SSSR count). The van der Waals surface area contributed by atoms with Gasteiger partial charge >= 0.3 is 0 Å². The van der Waals surface area contributed by atoms with Crippen molar-refractivity contribution in [1.82, 2.24) is 20.1 Å². The Kier molecular flexibility index (Phi) is 4.94. The van der Waals surface area contributed by atoms with Gasteiger partial charge in [-0.3, -0.25) is 14.7 Å². The van der Waals surface area contributed by atoms with E-state index in [0.717, 1.165) is 42.9 Å². The second-order valence-electron chi connectivity index (χ2n) is 6.03. The van der Waals surface area contributed by atoms with Crippen molar-refractivity contribution in [2.45, 2.75) is 38.5 Å². The molecule has 0 spiro atoms. The Bertz CT molecular complexity index is 738. The molecule has 0 unspecified atom stereocenters. The molecule has 0 bridgehead atoms. The number of rotatable bonds is 5. The quantitative estimate of drug-likeness (QED) is 0.862. The van der Waals surface area contributed by atoms with E-state index >= 15 is 0 Å². The first-order valence-corrected chi connectivity index (χ1v) is 8.99. The number of carbonyl (C=O) groups excluding carboxylic acids is 2. The van der Waals surface area contributed by atoms with Gasteiger partial charge in [-0.1, -0.05) is 6.92 Å². The zero-order valence-electron chi connectivity index (χ0n) is 13.6. The number of likely N-dealkylation sites (tertiary alicyclic amines) is 1. The number of aromatic amines is 1. The number of hydrogen-bond donors (Lipinski definition) is 2. The van der Waals surface area contributed by atoms with Crippen LogP contribution in [0.15, 0.2) is 12.3 Å². The molecule has 2 aromatic heterocycles. The minimum Gasteiger partial charge on any atom is -0.364 e. The van der Waals surface area contributed by atoms with E-state index in [1.54, 1.807) is 12.3 Å². The summed E-state index contributed by atoms with van der Waals surface area (Å²) in [6.07, 6.45) is 5.48. The normalized spacial score (nSPS) is 17.9. The summed E-state index contributed by atoms with van der Waals surface area (Å²) in [5.41, 5.74) is 6.34. The molecule has 2 aromatic rings. The van der Waals surface area contributed by atoms with E-state index in [0.29, 0.717) is 11.4 Å². The second kappa shape index (κ2) is 7.12. The van der Waals surface area contributed by atoms with Gasteiger partial charge in [0.05, 0.1) is 11.2 Å². The summed E-state index contributed by atoms with van der Waals surface area (Å²) in [5.74, 6) is -0.366. The van der Waals surface area contributed by atoms with Gasteiger partial charge in [0.25, 0.3) is 11.8 Å². The van der Waals surface area contributed by atoms with Crippen LogP contribution in [0.2, 0.25) is 0 Å². The van der Waals surface area contributed by atoms with Crippen LogP contribution < -0.4 is 5.73 Å². The lowest BCUT2D eigenvalue weighted by Gasteiger charge is -2.31. The van der Waals surface area contributed by atoms with Gasteiger partial charge in [0, 0.05) is 24.7 Å². The van der Waals surface area contributed by atoms with Gasteiger partial charge in [0.2, 0.25) is 0 Å². The number of hydrogen-bond acceptors (Lipinski definition) is 5. The van der Waals surface area contributed by atoms with Crippen LogP contribution >= 0.6 is 11.3 Å². The van der Waals surface area contributed by atoms with Crippen molar-refractivity contribution in [3.05, 3.63) is 33.5 Å². The Labute approximate surface area is 144 Å². The molecule has 0 radical (unpaired) electrons. The lowest BCUT2D eigenvalue weighted by Crippen LogP contribution is -2.38. The van der Waals surface area contributed by atoms with Crippen LogP contribution in [0.25, 0.3) is 0 Å². The Morgan fingerprint density at radius 1 is 1.50 bits per heavy atom. The van der Waals surface area contributed by atoms with Gasteiger partial charge in [-0.25, -0.2) is 4.98 Å². The summed E-state index contributed by atoms with van der Waals surface area (Å²) in [6, 6.07) is 1.69. The fourth-order valence-electron chi connectivity index (χ4n) is 2.98. The Morgan fingerprint density at radius 2 is 2.33 bits per heavy atom. The molecule has 1 saturated heterocycles. The Hall–Kier alpha value is -2.22. The van der Waals surface area contributed by atoms with Crippen LogP contribution in [0.5, 0.6) is 0 Å². The molecule has 0 saturated carbocycles. The highest BCUT2D eigenvalue weighted by molar-refractivity contribution is 7.13. The summed E-state index contributed by atoms with van der Waals surface area (Å²) < 4.78 is 0. The number of aryl methyl sites for hydroxylation is 1. The summed E-state index contributed by atoms with van der Waals surface area (Å²) in [5, 5.41) is 7.82. The molecule has 8 heteroatoms. The summed E-state index contributed by atoms with van der Waals surface area (Å²) >= 11 is 1.48. The first kappa shape index (κ1) is 16.6. The van der Waals surface area contributed by atoms with Crippen LogP contribution in [-0.2, 0) is 6.42 Å². The van der Waals surface area contributed by atoms with Crippen molar-refractivity contribution >= 4 is 23.2 Å². The van der Waals surface area contributed by atoms with Gasteiger partial charge in [-0.15, -0.1) is 11.3 Å². The minimum atomic E-state index is -0.547. The molecule has 3 heterocycles. The molecule has 2 amide bonds. The number of amides is 2. The highest BCUT2D eigenvalue weighted by Gasteiger charge is 2.28. The van der Waals surface area contributed by atoms with Crippen molar-refractivity contribution in [3.8, 4) is 0 Å². The van der Waals surface area contributed by atoms with Crippen LogP contribution in [0.4, 0.5) is 0 Å². The number of nitrogens with two attached hydrogens (primary N) is 1. The summed E-state index contributed by atoms with van der Waals surface area (Å²) in [6.45, 7) is 3.45. The van der Waals surface area contributed by atoms with E-state index < -0.39 is 5.91 Å². The van der Waals surface area contributed by atoms with Crippen molar-refractivity contribution in [2.75, 3.05) is 13.1 Å². The smallest absolute Gasteiger partial charge is 0.269 e. The summed E-state index contributed by atoms with van der Waals surface area (Å²) in [4.78, 5) is 30.8. The van der Waals surface area contributed by atoms with Crippen LogP contribution in [0.1, 0.15) is 63.0 Å². The van der Waals surface area contributed by atoms with Crippen molar-refractivity contribution in [1.29, 1.82) is 0 Å². The van der Waals surface area contributed by atoms with Gasteiger partial charge in [0.1, 0.15) is 10.6 Å². The number of nitrogens with zero attached hydrogens (tertiary/aromatic N) is 3. The fourth-order valence-corrected chi connectivity index (χ4v) is 3.97. The molecule has 24 heavy (non-hydrogen) atoms. The molecule has 0 aromatic carbocycles. The first-order chi connectivity index (χ1) is 11.6. The van der Waals surface area contributed by atoms with Gasteiger partial charge in [-0.05, 0) is 31.7 Å². The highest BCUT2D eigenvalue weighted by Crippen LogP contribution is 2.28. The molecular weight excluding hydrogens is 326 g/mol. The number of nitrogens with one attached hydrogen (secondary N) is 1.